The number of aromatic amines is 1. The molecule has 0 saturated heterocycles. The van der Waals surface area contributed by atoms with Gasteiger partial charge in [0.15, 0.2) is 5.82 Å². The smallest absolute Gasteiger partial charge is 0.255 e. The summed E-state index contributed by atoms with van der Waals surface area (Å²) in [4.78, 5) is 23.6. The third-order valence-electron chi connectivity index (χ3n) is 4.95. The van der Waals surface area contributed by atoms with Gasteiger partial charge >= 0.3 is 0 Å². The highest BCUT2D eigenvalue weighted by molar-refractivity contribution is 7.92. The number of aromatic nitrogens is 3. The van der Waals surface area contributed by atoms with Crippen LogP contribution >= 0.6 is 0 Å². The Morgan fingerprint density at radius 3 is 2.44 bits per heavy atom. The predicted molar refractivity (Wildman–Crippen MR) is 126 cm³/mol. The van der Waals surface area contributed by atoms with Gasteiger partial charge in [-0.05, 0) is 53.6 Å². The minimum atomic E-state index is -3.40. The van der Waals surface area contributed by atoms with Crippen LogP contribution in [0, 0.1) is 0 Å². The lowest BCUT2D eigenvalue weighted by molar-refractivity contribution is 0.392. The number of ether oxygens (including phenoxy) is 1. The first-order valence-corrected chi connectivity index (χ1v) is 12.1. The Kier molecular flexibility index (Phi) is 6.68. The van der Waals surface area contributed by atoms with Gasteiger partial charge in [0.05, 0.1) is 31.5 Å². The maximum absolute atomic E-state index is 12.4. The van der Waals surface area contributed by atoms with Crippen molar-refractivity contribution in [2.45, 2.75) is 39.0 Å². The number of aryl methyl sites for hydroxylation is 2. The normalized spacial score (nSPS) is 11.9. The molecule has 170 valence electrons. The molecule has 0 amide bonds. The van der Waals surface area contributed by atoms with Crippen LogP contribution < -0.4 is 15.0 Å². The van der Waals surface area contributed by atoms with Crippen LogP contribution in [0.2, 0.25) is 0 Å². The third kappa shape index (κ3) is 5.73. The first-order chi connectivity index (χ1) is 15.0. The molecule has 0 aliphatic carbocycles. The Labute approximate surface area is 188 Å². The summed E-state index contributed by atoms with van der Waals surface area (Å²) in [7, 11) is -1.76. The van der Waals surface area contributed by atoms with Crippen molar-refractivity contribution in [3.05, 3.63) is 70.0 Å². The first-order valence-electron chi connectivity index (χ1n) is 10.2. The van der Waals surface area contributed by atoms with E-state index < -0.39 is 10.0 Å². The van der Waals surface area contributed by atoms with Gasteiger partial charge in [-0.25, -0.2) is 13.4 Å². The van der Waals surface area contributed by atoms with Crippen molar-refractivity contribution in [3.8, 4) is 16.9 Å². The van der Waals surface area contributed by atoms with Crippen molar-refractivity contribution in [1.82, 2.24) is 15.0 Å². The topological polar surface area (TPSA) is 114 Å². The predicted octanol–water partition coefficient (Wildman–Crippen LogP) is 3.29. The molecule has 2 N–H and O–H groups in total. The summed E-state index contributed by atoms with van der Waals surface area (Å²) in [5, 5.41) is 0. The number of pyridine rings is 1. The van der Waals surface area contributed by atoms with Gasteiger partial charge in [-0.2, -0.15) is 0 Å². The summed E-state index contributed by atoms with van der Waals surface area (Å²) in [6.07, 6.45) is 6.80. The summed E-state index contributed by atoms with van der Waals surface area (Å²) >= 11 is 0. The molecule has 0 bridgehead atoms. The standard InChI is InChI=1S/C23H28N4O4S/c1-23(2,3)19-12-16(18-7-6-10-24-22(18)28)11-15(21(19)31-4)8-9-17-13-26-20(14-25-17)27-32(5,29)30/h6-7,10-14H,8-9H2,1-5H3,(H,24,28)(H,26,27). The van der Waals surface area contributed by atoms with E-state index in [-0.39, 0.29) is 16.8 Å². The van der Waals surface area contributed by atoms with E-state index in [0.29, 0.717) is 24.1 Å². The highest BCUT2D eigenvalue weighted by atomic mass is 32.2. The quantitative estimate of drug-likeness (QED) is 0.564. The molecule has 2 aromatic heterocycles. The molecule has 0 unspecified atom stereocenters. The summed E-state index contributed by atoms with van der Waals surface area (Å²) in [6, 6.07) is 7.60. The fraction of sp³-hybridized carbons (Fsp3) is 0.348. The van der Waals surface area contributed by atoms with E-state index in [1.807, 2.05) is 12.1 Å². The molecule has 2 heterocycles. The van der Waals surface area contributed by atoms with Crippen LogP contribution in [0.25, 0.3) is 11.1 Å². The van der Waals surface area contributed by atoms with Crippen molar-refractivity contribution < 1.29 is 13.2 Å². The number of benzene rings is 1. The van der Waals surface area contributed by atoms with Gasteiger partial charge in [0.2, 0.25) is 10.0 Å². The molecule has 9 heteroatoms. The van der Waals surface area contributed by atoms with E-state index in [1.165, 1.54) is 6.20 Å². The van der Waals surface area contributed by atoms with E-state index in [0.717, 1.165) is 28.7 Å². The molecule has 0 radical (unpaired) electrons. The number of rotatable bonds is 7. The average molecular weight is 457 g/mol. The highest BCUT2D eigenvalue weighted by Crippen LogP contribution is 2.38. The van der Waals surface area contributed by atoms with Gasteiger partial charge < -0.3 is 9.72 Å². The Bertz CT molecular complexity index is 1260. The molecule has 0 spiro atoms. The molecule has 0 aliphatic heterocycles. The number of nitrogens with one attached hydrogen (secondary N) is 2. The van der Waals surface area contributed by atoms with E-state index in [9.17, 15) is 13.2 Å². The zero-order chi connectivity index (χ0) is 23.5. The lowest BCUT2D eigenvalue weighted by Crippen LogP contribution is -2.16. The Morgan fingerprint density at radius 1 is 1.12 bits per heavy atom. The number of hydrogen-bond donors (Lipinski definition) is 2. The lowest BCUT2D eigenvalue weighted by Gasteiger charge is -2.25. The molecule has 0 aliphatic rings. The summed E-state index contributed by atoms with van der Waals surface area (Å²) < 4.78 is 30.8. The average Bonchev–Trinajstić information content (AvgIpc) is 2.71. The number of H-pyrrole nitrogens is 1. The molecule has 0 fully saturated rings. The number of anilines is 1. The maximum atomic E-state index is 12.4. The summed E-state index contributed by atoms with van der Waals surface area (Å²) in [5.74, 6) is 0.964. The van der Waals surface area contributed by atoms with Crippen LogP contribution in [0.15, 0.2) is 47.7 Å². The van der Waals surface area contributed by atoms with E-state index in [2.05, 4.69) is 40.4 Å². The fourth-order valence-electron chi connectivity index (χ4n) is 3.47. The van der Waals surface area contributed by atoms with Crippen LogP contribution in [-0.2, 0) is 28.3 Å². The fourth-order valence-corrected chi connectivity index (χ4v) is 3.95. The summed E-state index contributed by atoms with van der Waals surface area (Å²) in [6.45, 7) is 6.31. The molecular weight excluding hydrogens is 428 g/mol. The molecule has 1 aromatic carbocycles. The van der Waals surface area contributed by atoms with Crippen LogP contribution in [0.1, 0.15) is 37.6 Å². The second-order valence-electron chi connectivity index (χ2n) is 8.65. The summed E-state index contributed by atoms with van der Waals surface area (Å²) in [5.41, 5.74) is 3.75. The Balaban J connectivity index is 1.97. The Morgan fingerprint density at radius 2 is 1.88 bits per heavy atom. The van der Waals surface area contributed by atoms with Crippen molar-refractivity contribution in [2.75, 3.05) is 18.1 Å². The monoisotopic (exact) mass is 456 g/mol. The number of nitrogens with zero attached hydrogens (tertiary/aromatic N) is 2. The number of hydrogen-bond acceptors (Lipinski definition) is 6. The van der Waals surface area contributed by atoms with Crippen LogP contribution in [0.5, 0.6) is 5.75 Å². The molecule has 3 rings (SSSR count). The second kappa shape index (κ2) is 9.12. The van der Waals surface area contributed by atoms with Gasteiger partial charge in [0, 0.05) is 17.3 Å². The largest absolute Gasteiger partial charge is 0.496 e. The minimum absolute atomic E-state index is 0.150. The third-order valence-corrected chi connectivity index (χ3v) is 5.53. The second-order valence-corrected chi connectivity index (χ2v) is 10.4. The first kappa shape index (κ1) is 23.5. The number of sulfonamides is 1. The van der Waals surface area contributed by atoms with Crippen LogP contribution in [0.4, 0.5) is 5.82 Å². The van der Waals surface area contributed by atoms with Crippen molar-refractivity contribution in [3.63, 3.8) is 0 Å². The van der Waals surface area contributed by atoms with Crippen LogP contribution in [0.3, 0.4) is 0 Å². The van der Waals surface area contributed by atoms with Crippen molar-refractivity contribution in [2.24, 2.45) is 0 Å². The van der Waals surface area contributed by atoms with Gasteiger partial charge in [0.1, 0.15) is 5.75 Å². The van der Waals surface area contributed by atoms with Gasteiger partial charge in [-0.15, -0.1) is 0 Å². The lowest BCUT2D eigenvalue weighted by atomic mass is 9.82. The van der Waals surface area contributed by atoms with Crippen molar-refractivity contribution in [1.29, 1.82) is 0 Å². The maximum Gasteiger partial charge on any atom is 0.255 e. The van der Waals surface area contributed by atoms with Crippen molar-refractivity contribution >= 4 is 15.8 Å². The minimum Gasteiger partial charge on any atom is -0.496 e. The van der Waals surface area contributed by atoms with Gasteiger partial charge in [-0.3, -0.25) is 14.5 Å². The van der Waals surface area contributed by atoms with E-state index in [4.69, 9.17) is 4.74 Å². The Hall–Kier alpha value is -3.20. The number of methoxy groups -OCH3 is 1. The molecule has 0 atom stereocenters. The van der Waals surface area contributed by atoms with Crippen LogP contribution in [-0.4, -0.2) is 36.7 Å². The van der Waals surface area contributed by atoms with Gasteiger partial charge in [-0.1, -0.05) is 20.8 Å². The zero-order valence-electron chi connectivity index (χ0n) is 18.9. The van der Waals surface area contributed by atoms with E-state index >= 15 is 0 Å². The highest BCUT2D eigenvalue weighted by Gasteiger charge is 2.23. The molecular formula is C23H28N4O4S. The van der Waals surface area contributed by atoms with Gasteiger partial charge in [0.25, 0.3) is 5.56 Å². The zero-order valence-corrected chi connectivity index (χ0v) is 19.7. The van der Waals surface area contributed by atoms with E-state index in [1.54, 1.807) is 31.6 Å². The molecule has 3 aromatic rings. The molecule has 0 saturated carbocycles. The molecule has 32 heavy (non-hydrogen) atoms. The molecule has 8 nitrogen and oxygen atoms in total. The SMILES string of the molecule is COc1c(CCc2cnc(NS(C)(=O)=O)cn2)cc(-c2ccc[nH]c2=O)cc1C(C)(C)C.